The molecule has 0 amide bonds. The summed E-state index contributed by atoms with van der Waals surface area (Å²) in [6.07, 6.45) is 0. The summed E-state index contributed by atoms with van der Waals surface area (Å²) >= 11 is 3.43. The first-order chi connectivity index (χ1) is 10.1. The standard InChI is InChI=1S/C17H14BrNO2/c1-21-11-6-7-12-10(9-11)5-8-15(20)16(12)13-3-2-4-14(18)17(13)19/h2-9,20H,19H2,1H3. The number of aromatic hydroxyl groups is 1. The predicted molar refractivity (Wildman–Crippen MR) is 89.7 cm³/mol. The molecule has 106 valence electrons. The average molecular weight is 344 g/mol. The number of halogens is 1. The summed E-state index contributed by atoms with van der Waals surface area (Å²) in [7, 11) is 1.63. The van der Waals surface area contributed by atoms with Crippen LogP contribution in [0, 0.1) is 0 Å². The molecule has 0 bridgehead atoms. The summed E-state index contributed by atoms with van der Waals surface area (Å²) in [5.41, 5.74) is 8.29. The summed E-state index contributed by atoms with van der Waals surface area (Å²) in [5.74, 6) is 0.985. The minimum atomic E-state index is 0.206. The van der Waals surface area contributed by atoms with E-state index in [0.29, 0.717) is 5.69 Å². The quantitative estimate of drug-likeness (QED) is 0.670. The van der Waals surface area contributed by atoms with E-state index in [2.05, 4.69) is 15.9 Å². The Balaban J connectivity index is 2.36. The van der Waals surface area contributed by atoms with Gasteiger partial charge in [-0.3, -0.25) is 0 Å². The third-order valence-electron chi connectivity index (χ3n) is 3.53. The van der Waals surface area contributed by atoms with Crippen LogP contribution in [-0.2, 0) is 0 Å². The number of benzene rings is 3. The lowest BCUT2D eigenvalue weighted by atomic mass is 9.96. The maximum absolute atomic E-state index is 10.3. The van der Waals surface area contributed by atoms with E-state index >= 15 is 0 Å². The van der Waals surface area contributed by atoms with Gasteiger partial charge in [0, 0.05) is 15.6 Å². The molecule has 0 saturated heterocycles. The highest BCUT2D eigenvalue weighted by atomic mass is 79.9. The first kappa shape index (κ1) is 13.8. The van der Waals surface area contributed by atoms with Crippen LogP contribution in [0.4, 0.5) is 5.69 Å². The van der Waals surface area contributed by atoms with Crippen molar-refractivity contribution >= 4 is 32.4 Å². The molecule has 0 aromatic heterocycles. The maximum atomic E-state index is 10.3. The van der Waals surface area contributed by atoms with E-state index in [9.17, 15) is 5.11 Å². The number of phenols is 1. The molecule has 0 aliphatic heterocycles. The fourth-order valence-corrected chi connectivity index (χ4v) is 2.83. The Hall–Kier alpha value is -2.20. The molecule has 4 heteroatoms. The van der Waals surface area contributed by atoms with E-state index in [1.165, 1.54) is 0 Å². The molecule has 3 aromatic rings. The summed E-state index contributed by atoms with van der Waals surface area (Å²) in [5, 5.41) is 12.2. The van der Waals surface area contributed by atoms with Crippen LogP contribution in [0.2, 0.25) is 0 Å². The molecule has 3 nitrogen and oxygen atoms in total. The minimum Gasteiger partial charge on any atom is -0.507 e. The normalized spacial score (nSPS) is 10.8. The SMILES string of the molecule is COc1ccc2c(-c3cccc(Br)c3N)c(O)ccc2c1. The molecule has 0 spiro atoms. The van der Waals surface area contributed by atoms with Gasteiger partial charge in [0.05, 0.1) is 12.8 Å². The van der Waals surface area contributed by atoms with Crippen molar-refractivity contribution in [3.63, 3.8) is 0 Å². The topological polar surface area (TPSA) is 55.5 Å². The Morgan fingerprint density at radius 3 is 2.67 bits per heavy atom. The highest BCUT2D eigenvalue weighted by Crippen LogP contribution is 2.41. The van der Waals surface area contributed by atoms with E-state index in [0.717, 1.165) is 32.1 Å². The zero-order chi connectivity index (χ0) is 15.0. The van der Waals surface area contributed by atoms with E-state index < -0.39 is 0 Å². The van der Waals surface area contributed by atoms with Crippen molar-refractivity contribution < 1.29 is 9.84 Å². The first-order valence-corrected chi connectivity index (χ1v) is 7.25. The molecular weight excluding hydrogens is 330 g/mol. The van der Waals surface area contributed by atoms with Gasteiger partial charge in [-0.05, 0) is 57.0 Å². The number of hydrogen-bond acceptors (Lipinski definition) is 3. The molecule has 0 saturated carbocycles. The number of phenolic OH excluding ortho intramolecular Hbond substituents is 1. The third kappa shape index (κ3) is 2.32. The Morgan fingerprint density at radius 2 is 1.90 bits per heavy atom. The first-order valence-electron chi connectivity index (χ1n) is 6.46. The largest absolute Gasteiger partial charge is 0.507 e. The van der Waals surface area contributed by atoms with Gasteiger partial charge in [0.2, 0.25) is 0 Å². The van der Waals surface area contributed by atoms with Crippen molar-refractivity contribution in [3.05, 3.63) is 53.0 Å². The molecule has 0 heterocycles. The Bertz CT molecular complexity index is 830. The lowest BCUT2D eigenvalue weighted by molar-refractivity contribution is 0.415. The van der Waals surface area contributed by atoms with Gasteiger partial charge in [-0.1, -0.05) is 18.2 Å². The number of nitrogen functional groups attached to an aromatic ring is 1. The maximum Gasteiger partial charge on any atom is 0.124 e. The van der Waals surface area contributed by atoms with E-state index in [1.54, 1.807) is 13.2 Å². The number of rotatable bonds is 2. The highest BCUT2D eigenvalue weighted by molar-refractivity contribution is 9.10. The number of anilines is 1. The number of hydrogen-bond donors (Lipinski definition) is 2. The summed E-state index contributed by atoms with van der Waals surface area (Å²) in [6.45, 7) is 0. The van der Waals surface area contributed by atoms with Crippen LogP contribution in [0.5, 0.6) is 11.5 Å². The number of nitrogens with two attached hydrogens (primary N) is 1. The van der Waals surface area contributed by atoms with Gasteiger partial charge in [-0.15, -0.1) is 0 Å². The van der Waals surface area contributed by atoms with Crippen LogP contribution in [0.15, 0.2) is 53.0 Å². The van der Waals surface area contributed by atoms with Gasteiger partial charge >= 0.3 is 0 Å². The second kappa shape index (κ2) is 5.30. The molecule has 0 unspecified atom stereocenters. The fraction of sp³-hybridized carbons (Fsp3) is 0.0588. The van der Waals surface area contributed by atoms with Crippen molar-refractivity contribution in [2.24, 2.45) is 0 Å². The van der Waals surface area contributed by atoms with E-state index in [1.807, 2.05) is 42.5 Å². The molecule has 3 rings (SSSR count). The third-order valence-corrected chi connectivity index (χ3v) is 4.22. The zero-order valence-electron chi connectivity index (χ0n) is 11.4. The van der Waals surface area contributed by atoms with Gasteiger partial charge in [0.15, 0.2) is 0 Å². The molecule has 0 radical (unpaired) electrons. The second-order valence-corrected chi connectivity index (χ2v) is 5.60. The van der Waals surface area contributed by atoms with Crippen LogP contribution < -0.4 is 10.5 Å². The van der Waals surface area contributed by atoms with Crippen molar-refractivity contribution in [2.75, 3.05) is 12.8 Å². The smallest absolute Gasteiger partial charge is 0.124 e. The van der Waals surface area contributed by atoms with Gasteiger partial charge in [0.1, 0.15) is 11.5 Å². The fourth-order valence-electron chi connectivity index (χ4n) is 2.46. The van der Waals surface area contributed by atoms with Crippen LogP contribution in [0.25, 0.3) is 21.9 Å². The Kier molecular flexibility index (Phi) is 3.47. The lowest BCUT2D eigenvalue weighted by Gasteiger charge is -2.13. The van der Waals surface area contributed by atoms with Crippen molar-refractivity contribution in [1.82, 2.24) is 0 Å². The van der Waals surface area contributed by atoms with Crippen molar-refractivity contribution in [2.45, 2.75) is 0 Å². The monoisotopic (exact) mass is 343 g/mol. The van der Waals surface area contributed by atoms with Crippen LogP contribution in [-0.4, -0.2) is 12.2 Å². The van der Waals surface area contributed by atoms with Crippen LogP contribution in [0.1, 0.15) is 0 Å². The minimum absolute atomic E-state index is 0.206. The van der Waals surface area contributed by atoms with Gasteiger partial charge in [-0.2, -0.15) is 0 Å². The summed E-state index contributed by atoms with van der Waals surface area (Å²) in [6, 6.07) is 15.0. The molecule has 3 aromatic carbocycles. The lowest BCUT2D eigenvalue weighted by Crippen LogP contribution is -1.93. The zero-order valence-corrected chi connectivity index (χ0v) is 13.0. The van der Waals surface area contributed by atoms with Gasteiger partial charge in [0.25, 0.3) is 0 Å². The molecule has 0 aliphatic carbocycles. The molecule has 3 N–H and O–H groups in total. The van der Waals surface area contributed by atoms with Crippen molar-refractivity contribution in [1.29, 1.82) is 0 Å². The number of para-hydroxylation sites is 1. The molecule has 21 heavy (non-hydrogen) atoms. The number of fused-ring (bicyclic) bond motifs is 1. The second-order valence-electron chi connectivity index (χ2n) is 4.75. The Morgan fingerprint density at radius 1 is 1.10 bits per heavy atom. The summed E-state index contributed by atoms with van der Waals surface area (Å²) < 4.78 is 6.06. The Labute approximate surface area is 131 Å². The molecule has 0 fully saturated rings. The van der Waals surface area contributed by atoms with E-state index in [4.69, 9.17) is 10.5 Å². The van der Waals surface area contributed by atoms with E-state index in [-0.39, 0.29) is 5.75 Å². The van der Waals surface area contributed by atoms with Gasteiger partial charge in [-0.25, -0.2) is 0 Å². The molecular formula is C17H14BrNO2. The predicted octanol–water partition coefficient (Wildman–Crippen LogP) is 4.57. The molecule has 0 atom stereocenters. The molecule has 0 aliphatic rings. The highest BCUT2D eigenvalue weighted by Gasteiger charge is 2.14. The summed E-state index contributed by atoms with van der Waals surface area (Å²) in [4.78, 5) is 0. The van der Waals surface area contributed by atoms with Gasteiger partial charge < -0.3 is 15.6 Å². The van der Waals surface area contributed by atoms with Crippen LogP contribution in [0.3, 0.4) is 0 Å². The van der Waals surface area contributed by atoms with Crippen molar-refractivity contribution in [3.8, 4) is 22.6 Å². The number of methoxy groups -OCH3 is 1. The number of ether oxygens (including phenoxy) is 1. The van der Waals surface area contributed by atoms with Crippen LogP contribution >= 0.6 is 15.9 Å². The average Bonchev–Trinajstić information content (AvgIpc) is 2.50.